The minimum atomic E-state index is -3.57. The number of nitrogens with one attached hydrogen (secondary N) is 2. The van der Waals surface area contributed by atoms with Crippen LogP contribution in [-0.2, 0) is 10.0 Å². The molecule has 0 bridgehead atoms. The van der Waals surface area contributed by atoms with Gasteiger partial charge < -0.3 is 5.32 Å². The number of benzene rings is 1. The number of hydrogen-bond donors (Lipinski definition) is 2. The maximum atomic E-state index is 12.3. The maximum Gasteiger partial charge on any atom is 0.242 e. The summed E-state index contributed by atoms with van der Waals surface area (Å²) in [6.07, 6.45) is 1.92. The maximum absolute atomic E-state index is 12.3. The normalized spacial score (nSPS) is 18.0. The number of piperidine rings is 1. The molecule has 2 N–H and O–H groups in total. The number of hydrogen-bond acceptors (Lipinski definition) is 3. The minimum Gasteiger partial charge on any atom is -0.317 e. The third kappa shape index (κ3) is 5.08. The van der Waals surface area contributed by atoms with Crippen LogP contribution >= 0.6 is 39.9 Å². The number of rotatable bonds is 4. The van der Waals surface area contributed by atoms with Crippen LogP contribution in [-0.4, -0.2) is 28.1 Å². The molecule has 0 aliphatic carbocycles. The van der Waals surface area contributed by atoms with Crippen molar-refractivity contribution in [2.24, 2.45) is 5.41 Å². The van der Waals surface area contributed by atoms with E-state index in [9.17, 15) is 8.42 Å². The fourth-order valence-corrected chi connectivity index (χ4v) is 4.48. The lowest BCUT2D eigenvalue weighted by Crippen LogP contribution is -2.42. The van der Waals surface area contributed by atoms with Gasteiger partial charge in [0, 0.05) is 11.0 Å². The summed E-state index contributed by atoms with van der Waals surface area (Å²) in [7, 11) is -3.57. The standard InChI is InChI=1S/C13H18BrClN2O2S.ClH/c1-13(4-6-16-7-5-13)9-17-20(18,19)12-3-2-10(14)8-11(12)15;/h2-3,8,16-17H,4-7,9H2,1H3;1H. The van der Waals surface area contributed by atoms with Crippen LogP contribution in [0.2, 0.25) is 5.02 Å². The Kier molecular flexibility index (Phi) is 6.96. The van der Waals surface area contributed by atoms with Crippen LogP contribution in [0.15, 0.2) is 27.6 Å². The highest BCUT2D eigenvalue weighted by molar-refractivity contribution is 9.10. The SMILES string of the molecule is CC1(CNS(=O)(=O)c2ccc(Br)cc2Cl)CCNCC1.Cl. The van der Waals surface area contributed by atoms with Crippen LogP contribution in [0.1, 0.15) is 19.8 Å². The van der Waals surface area contributed by atoms with Gasteiger partial charge in [0.05, 0.1) is 5.02 Å². The average Bonchev–Trinajstić information content (AvgIpc) is 2.37. The fourth-order valence-electron chi connectivity index (χ4n) is 2.25. The fraction of sp³-hybridized carbons (Fsp3) is 0.538. The van der Waals surface area contributed by atoms with E-state index >= 15 is 0 Å². The van der Waals surface area contributed by atoms with Crippen molar-refractivity contribution in [1.82, 2.24) is 10.0 Å². The predicted octanol–water partition coefficient (Wildman–Crippen LogP) is 3.19. The Morgan fingerprint density at radius 3 is 2.57 bits per heavy atom. The van der Waals surface area contributed by atoms with Crippen LogP contribution in [0, 0.1) is 5.41 Å². The van der Waals surface area contributed by atoms with E-state index in [1.54, 1.807) is 12.1 Å². The number of halogens is 3. The summed E-state index contributed by atoms with van der Waals surface area (Å²) >= 11 is 9.28. The van der Waals surface area contributed by atoms with Crippen molar-refractivity contribution in [3.8, 4) is 0 Å². The molecule has 21 heavy (non-hydrogen) atoms. The molecule has 1 saturated heterocycles. The van der Waals surface area contributed by atoms with E-state index in [0.717, 1.165) is 30.4 Å². The van der Waals surface area contributed by atoms with E-state index in [-0.39, 0.29) is 27.7 Å². The molecular formula is C13H19BrCl2N2O2S. The smallest absolute Gasteiger partial charge is 0.242 e. The van der Waals surface area contributed by atoms with Gasteiger partial charge in [-0.3, -0.25) is 0 Å². The van der Waals surface area contributed by atoms with E-state index in [0.29, 0.717) is 6.54 Å². The van der Waals surface area contributed by atoms with Gasteiger partial charge in [0.15, 0.2) is 0 Å². The van der Waals surface area contributed by atoms with Crippen molar-refractivity contribution in [2.45, 2.75) is 24.7 Å². The van der Waals surface area contributed by atoms with E-state index in [2.05, 4.69) is 32.9 Å². The summed E-state index contributed by atoms with van der Waals surface area (Å²) in [5, 5.41) is 3.50. The summed E-state index contributed by atoms with van der Waals surface area (Å²) < 4.78 is 28.1. The first-order valence-corrected chi connectivity index (χ1v) is 9.13. The first-order valence-electron chi connectivity index (χ1n) is 6.48. The van der Waals surface area contributed by atoms with Gasteiger partial charge in [-0.2, -0.15) is 0 Å². The lowest BCUT2D eigenvalue weighted by Gasteiger charge is -2.34. The van der Waals surface area contributed by atoms with Crippen molar-refractivity contribution < 1.29 is 8.42 Å². The third-order valence-corrected chi connectivity index (χ3v) is 6.06. The predicted molar refractivity (Wildman–Crippen MR) is 91.8 cm³/mol. The Morgan fingerprint density at radius 2 is 2.00 bits per heavy atom. The Morgan fingerprint density at radius 1 is 1.38 bits per heavy atom. The highest BCUT2D eigenvalue weighted by Gasteiger charge is 2.29. The third-order valence-electron chi connectivity index (χ3n) is 3.68. The highest BCUT2D eigenvalue weighted by atomic mass is 79.9. The molecular weight excluding hydrogens is 399 g/mol. The van der Waals surface area contributed by atoms with Crippen molar-refractivity contribution >= 4 is 50.0 Å². The van der Waals surface area contributed by atoms with Crippen LogP contribution in [0.5, 0.6) is 0 Å². The Hall–Kier alpha value is 0.150. The van der Waals surface area contributed by atoms with Crippen molar-refractivity contribution in [3.63, 3.8) is 0 Å². The summed E-state index contributed by atoms with van der Waals surface area (Å²) in [6.45, 7) is 4.40. The van der Waals surface area contributed by atoms with Gasteiger partial charge in [0.25, 0.3) is 0 Å². The van der Waals surface area contributed by atoms with E-state index in [1.807, 2.05) is 0 Å². The van der Waals surface area contributed by atoms with Gasteiger partial charge >= 0.3 is 0 Å². The zero-order chi connectivity index (χ0) is 14.8. The summed E-state index contributed by atoms with van der Waals surface area (Å²) in [5.74, 6) is 0. The van der Waals surface area contributed by atoms with E-state index in [4.69, 9.17) is 11.6 Å². The molecule has 0 amide bonds. The minimum absolute atomic E-state index is 0. The molecule has 1 heterocycles. The molecule has 8 heteroatoms. The number of sulfonamides is 1. The zero-order valence-electron chi connectivity index (χ0n) is 11.7. The molecule has 1 aromatic carbocycles. The second-order valence-electron chi connectivity index (χ2n) is 5.46. The largest absolute Gasteiger partial charge is 0.317 e. The molecule has 1 fully saturated rings. The van der Waals surface area contributed by atoms with Gasteiger partial charge in [-0.15, -0.1) is 12.4 Å². The van der Waals surface area contributed by atoms with Gasteiger partial charge in [0.1, 0.15) is 4.90 Å². The molecule has 0 aromatic heterocycles. The lowest BCUT2D eigenvalue weighted by molar-refractivity contribution is 0.232. The molecule has 1 aromatic rings. The first-order chi connectivity index (χ1) is 9.32. The van der Waals surface area contributed by atoms with E-state index < -0.39 is 10.0 Å². The molecule has 120 valence electrons. The van der Waals surface area contributed by atoms with Crippen molar-refractivity contribution in [3.05, 3.63) is 27.7 Å². The quantitative estimate of drug-likeness (QED) is 0.790. The van der Waals surface area contributed by atoms with Crippen LogP contribution in [0.25, 0.3) is 0 Å². The molecule has 1 aliphatic rings. The molecule has 0 atom stereocenters. The Labute approximate surface area is 145 Å². The Bertz CT molecular complexity index is 590. The molecule has 0 unspecified atom stereocenters. The van der Waals surface area contributed by atoms with Crippen molar-refractivity contribution in [2.75, 3.05) is 19.6 Å². The zero-order valence-corrected chi connectivity index (χ0v) is 15.6. The summed E-state index contributed by atoms with van der Waals surface area (Å²) in [4.78, 5) is 0.125. The molecule has 0 saturated carbocycles. The monoisotopic (exact) mass is 416 g/mol. The highest BCUT2D eigenvalue weighted by Crippen LogP contribution is 2.29. The van der Waals surface area contributed by atoms with Crippen LogP contribution in [0.4, 0.5) is 0 Å². The van der Waals surface area contributed by atoms with Crippen LogP contribution in [0.3, 0.4) is 0 Å². The lowest BCUT2D eigenvalue weighted by atomic mass is 9.81. The first kappa shape index (κ1) is 19.2. The molecule has 1 aliphatic heterocycles. The van der Waals surface area contributed by atoms with Gasteiger partial charge in [-0.05, 0) is 49.5 Å². The van der Waals surface area contributed by atoms with Gasteiger partial charge in [-0.25, -0.2) is 13.1 Å². The van der Waals surface area contributed by atoms with Crippen molar-refractivity contribution in [1.29, 1.82) is 0 Å². The topological polar surface area (TPSA) is 58.2 Å². The van der Waals surface area contributed by atoms with Gasteiger partial charge in [0.2, 0.25) is 10.0 Å². The summed E-state index contributed by atoms with van der Waals surface area (Å²) in [6, 6.07) is 4.77. The average molecular weight is 418 g/mol. The van der Waals surface area contributed by atoms with Crippen LogP contribution < -0.4 is 10.0 Å². The van der Waals surface area contributed by atoms with Gasteiger partial charge in [-0.1, -0.05) is 34.5 Å². The Balaban J connectivity index is 0.00000220. The molecule has 4 nitrogen and oxygen atoms in total. The second-order valence-corrected chi connectivity index (χ2v) is 8.52. The second kappa shape index (κ2) is 7.62. The summed E-state index contributed by atoms with van der Waals surface area (Å²) in [5.41, 5.74) is 0.000159. The molecule has 2 rings (SSSR count). The molecule has 0 spiro atoms. The molecule has 0 radical (unpaired) electrons. The van der Waals surface area contributed by atoms with E-state index in [1.165, 1.54) is 6.07 Å².